The van der Waals surface area contributed by atoms with Crippen LogP contribution in [0.4, 0.5) is 0 Å². The van der Waals surface area contributed by atoms with Crippen molar-refractivity contribution in [3.63, 3.8) is 0 Å². The molecule has 1 atom stereocenters. The first-order valence-corrected chi connectivity index (χ1v) is 4.75. The molecule has 1 amide bonds. The average molecular weight is 207 g/mol. The van der Waals surface area contributed by atoms with Crippen LogP contribution < -0.4 is 14.8 Å². The third kappa shape index (κ3) is 1.88. The Balaban J connectivity index is 2.26. The topological polar surface area (TPSA) is 47.6 Å². The summed E-state index contributed by atoms with van der Waals surface area (Å²) in [4.78, 5) is 10.8. The molecule has 0 saturated carbocycles. The van der Waals surface area contributed by atoms with Gasteiger partial charge in [-0.1, -0.05) is 0 Å². The molecule has 0 radical (unpaired) electrons. The Morgan fingerprint density at radius 3 is 2.13 bits per heavy atom. The molecule has 1 aromatic carbocycles. The highest BCUT2D eigenvalue weighted by Crippen LogP contribution is 2.30. The monoisotopic (exact) mass is 207 g/mol. The predicted molar refractivity (Wildman–Crippen MR) is 55.0 cm³/mol. The molecule has 0 aromatic heterocycles. The van der Waals surface area contributed by atoms with Crippen molar-refractivity contribution >= 4 is 5.91 Å². The SMILES string of the molecule is COc1cc(OC)cc(C2CC(=O)N2)c1. The molecule has 4 heteroatoms. The number of nitrogens with one attached hydrogen (secondary N) is 1. The predicted octanol–water partition coefficient (Wildman–Crippen LogP) is 1.26. The number of rotatable bonds is 3. The van der Waals surface area contributed by atoms with E-state index in [1.807, 2.05) is 18.2 Å². The zero-order chi connectivity index (χ0) is 10.8. The zero-order valence-corrected chi connectivity index (χ0v) is 8.74. The maximum Gasteiger partial charge on any atom is 0.222 e. The molecule has 1 heterocycles. The molecule has 15 heavy (non-hydrogen) atoms. The van der Waals surface area contributed by atoms with Crippen LogP contribution >= 0.6 is 0 Å². The van der Waals surface area contributed by atoms with E-state index in [2.05, 4.69) is 5.32 Å². The molecule has 2 rings (SSSR count). The highest BCUT2D eigenvalue weighted by molar-refractivity contribution is 5.83. The molecule has 1 N–H and O–H groups in total. The minimum atomic E-state index is 0.0850. The van der Waals surface area contributed by atoms with Crippen LogP contribution in [0.15, 0.2) is 18.2 Å². The Bertz CT molecular complexity index is 359. The van der Waals surface area contributed by atoms with Gasteiger partial charge in [-0.3, -0.25) is 4.79 Å². The summed E-state index contributed by atoms with van der Waals surface area (Å²) in [6.07, 6.45) is 0.538. The van der Waals surface area contributed by atoms with Gasteiger partial charge in [-0.05, 0) is 17.7 Å². The second-order valence-corrected chi connectivity index (χ2v) is 3.47. The van der Waals surface area contributed by atoms with Crippen molar-refractivity contribution in [2.75, 3.05) is 14.2 Å². The Morgan fingerprint density at radius 2 is 1.73 bits per heavy atom. The van der Waals surface area contributed by atoms with E-state index in [4.69, 9.17) is 9.47 Å². The van der Waals surface area contributed by atoms with Crippen LogP contribution in [0.2, 0.25) is 0 Å². The van der Waals surface area contributed by atoms with Crippen molar-refractivity contribution in [2.24, 2.45) is 0 Å². The van der Waals surface area contributed by atoms with Gasteiger partial charge < -0.3 is 14.8 Å². The van der Waals surface area contributed by atoms with Gasteiger partial charge in [0, 0.05) is 6.07 Å². The van der Waals surface area contributed by atoms with Crippen molar-refractivity contribution in [2.45, 2.75) is 12.5 Å². The fourth-order valence-corrected chi connectivity index (χ4v) is 1.59. The van der Waals surface area contributed by atoms with Crippen LogP contribution in [0.25, 0.3) is 0 Å². The largest absolute Gasteiger partial charge is 0.497 e. The molecule has 1 aromatic rings. The molecule has 1 saturated heterocycles. The maximum absolute atomic E-state index is 10.8. The molecule has 0 aliphatic carbocycles. The molecule has 1 fully saturated rings. The summed E-state index contributed by atoms with van der Waals surface area (Å²) < 4.78 is 10.3. The van der Waals surface area contributed by atoms with Gasteiger partial charge in [-0.15, -0.1) is 0 Å². The lowest BCUT2D eigenvalue weighted by atomic mass is 9.97. The maximum atomic E-state index is 10.8. The van der Waals surface area contributed by atoms with Gasteiger partial charge in [0.25, 0.3) is 0 Å². The van der Waals surface area contributed by atoms with E-state index in [0.29, 0.717) is 6.42 Å². The van der Waals surface area contributed by atoms with Gasteiger partial charge in [0.1, 0.15) is 11.5 Å². The number of amides is 1. The normalized spacial score (nSPS) is 19.1. The van der Waals surface area contributed by atoms with Crippen LogP contribution in [0.5, 0.6) is 11.5 Å². The number of carbonyl (C=O) groups is 1. The van der Waals surface area contributed by atoms with Gasteiger partial charge in [0.05, 0.1) is 26.7 Å². The third-order valence-corrected chi connectivity index (χ3v) is 2.50. The minimum Gasteiger partial charge on any atom is -0.497 e. The van der Waals surface area contributed by atoms with E-state index in [9.17, 15) is 4.79 Å². The molecular formula is C11H13NO3. The van der Waals surface area contributed by atoms with E-state index in [1.165, 1.54) is 0 Å². The standard InChI is InChI=1S/C11H13NO3/c1-14-8-3-7(4-9(5-8)15-2)10-6-11(13)12-10/h3-5,10H,6H2,1-2H3,(H,12,13). The average Bonchev–Trinajstić information content (AvgIpc) is 2.24. The lowest BCUT2D eigenvalue weighted by Crippen LogP contribution is -2.41. The van der Waals surface area contributed by atoms with Gasteiger partial charge in [0.15, 0.2) is 0 Å². The number of benzene rings is 1. The van der Waals surface area contributed by atoms with Crippen LogP contribution in [0, 0.1) is 0 Å². The van der Waals surface area contributed by atoms with E-state index in [1.54, 1.807) is 14.2 Å². The fraction of sp³-hybridized carbons (Fsp3) is 0.364. The second-order valence-electron chi connectivity index (χ2n) is 3.47. The molecule has 1 aliphatic rings. The van der Waals surface area contributed by atoms with E-state index in [-0.39, 0.29) is 11.9 Å². The summed E-state index contributed by atoms with van der Waals surface area (Å²) in [7, 11) is 3.22. The molecule has 0 spiro atoms. The number of carbonyl (C=O) groups excluding carboxylic acids is 1. The smallest absolute Gasteiger partial charge is 0.222 e. The summed E-state index contributed by atoms with van der Waals surface area (Å²) in [5.74, 6) is 1.57. The first-order chi connectivity index (χ1) is 7.22. The van der Waals surface area contributed by atoms with E-state index in [0.717, 1.165) is 17.1 Å². The third-order valence-electron chi connectivity index (χ3n) is 2.50. The number of hydrogen-bond donors (Lipinski definition) is 1. The van der Waals surface area contributed by atoms with Crippen LogP contribution in [0.3, 0.4) is 0 Å². The van der Waals surface area contributed by atoms with Gasteiger partial charge in [0.2, 0.25) is 5.91 Å². The van der Waals surface area contributed by atoms with E-state index >= 15 is 0 Å². The number of β-lactam (4-membered cyclic amide) rings is 1. The minimum absolute atomic E-state index is 0.0850. The first-order valence-electron chi connectivity index (χ1n) is 4.75. The number of ether oxygens (including phenoxy) is 2. The Morgan fingerprint density at radius 1 is 1.20 bits per heavy atom. The summed E-state index contributed by atoms with van der Waals surface area (Å²) >= 11 is 0. The fourth-order valence-electron chi connectivity index (χ4n) is 1.59. The molecular weight excluding hydrogens is 194 g/mol. The van der Waals surface area contributed by atoms with Gasteiger partial charge in [-0.2, -0.15) is 0 Å². The molecule has 0 bridgehead atoms. The van der Waals surface area contributed by atoms with E-state index < -0.39 is 0 Å². The summed E-state index contributed by atoms with van der Waals surface area (Å²) in [5, 5.41) is 2.81. The van der Waals surface area contributed by atoms with Crippen LogP contribution in [-0.4, -0.2) is 20.1 Å². The van der Waals surface area contributed by atoms with Gasteiger partial charge in [-0.25, -0.2) is 0 Å². The van der Waals surface area contributed by atoms with Crippen molar-refractivity contribution < 1.29 is 14.3 Å². The Labute approximate surface area is 88.2 Å². The lowest BCUT2D eigenvalue weighted by molar-refractivity contribution is -0.128. The quantitative estimate of drug-likeness (QED) is 0.759. The zero-order valence-electron chi connectivity index (χ0n) is 8.74. The van der Waals surface area contributed by atoms with Crippen molar-refractivity contribution in [1.82, 2.24) is 5.32 Å². The highest BCUT2D eigenvalue weighted by Gasteiger charge is 2.27. The first kappa shape index (κ1) is 9.83. The lowest BCUT2D eigenvalue weighted by Gasteiger charge is -2.27. The Kier molecular flexibility index (Phi) is 2.49. The van der Waals surface area contributed by atoms with Crippen molar-refractivity contribution in [3.8, 4) is 11.5 Å². The number of hydrogen-bond acceptors (Lipinski definition) is 3. The highest BCUT2D eigenvalue weighted by atomic mass is 16.5. The molecule has 1 unspecified atom stereocenters. The van der Waals surface area contributed by atoms with Gasteiger partial charge >= 0.3 is 0 Å². The molecule has 80 valence electrons. The van der Waals surface area contributed by atoms with Crippen molar-refractivity contribution in [1.29, 1.82) is 0 Å². The summed E-state index contributed by atoms with van der Waals surface area (Å²) in [5.41, 5.74) is 1.02. The molecule has 4 nitrogen and oxygen atoms in total. The summed E-state index contributed by atoms with van der Waals surface area (Å²) in [6, 6.07) is 5.73. The Hall–Kier alpha value is -1.71. The second kappa shape index (κ2) is 3.81. The van der Waals surface area contributed by atoms with Crippen molar-refractivity contribution in [3.05, 3.63) is 23.8 Å². The molecule has 1 aliphatic heterocycles. The number of methoxy groups -OCH3 is 2. The van der Waals surface area contributed by atoms with Crippen LogP contribution in [-0.2, 0) is 4.79 Å². The van der Waals surface area contributed by atoms with Crippen LogP contribution in [0.1, 0.15) is 18.0 Å². The summed E-state index contributed by atoms with van der Waals surface area (Å²) in [6.45, 7) is 0.